The van der Waals surface area contributed by atoms with Crippen molar-refractivity contribution in [3.63, 3.8) is 0 Å². The van der Waals surface area contributed by atoms with Gasteiger partial charge in [0.2, 0.25) is 5.91 Å². The number of thiol groups is 1. The number of amides is 1. The van der Waals surface area contributed by atoms with E-state index < -0.39 is 0 Å². The predicted molar refractivity (Wildman–Crippen MR) is 61.7 cm³/mol. The molecule has 1 aliphatic heterocycles. The molecule has 14 heavy (non-hydrogen) atoms. The Bertz CT molecular complexity index is 174. The monoisotopic (exact) mass is 216 g/mol. The quantitative estimate of drug-likeness (QED) is 0.685. The summed E-state index contributed by atoms with van der Waals surface area (Å²) < 4.78 is 0. The SMILES string of the molecule is CCN[C@H](CS)C(=O)N1CCCCC1. The van der Waals surface area contributed by atoms with Crippen LogP contribution in [0.5, 0.6) is 0 Å². The molecule has 1 fully saturated rings. The van der Waals surface area contributed by atoms with Crippen LogP contribution in [0.1, 0.15) is 26.2 Å². The molecule has 0 radical (unpaired) electrons. The number of carbonyl (C=O) groups excluding carboxylic acids is 1. The van der Waals surface area contributed by atoms with Gasteiger partial charge < -0.3 is 10.2 Å². The molecule has 0 saturated carbocycles. The molecule has 1 N–H and O–H groups in total. The Hall–Kier alpha value is -0.220. The van der Waals surface area contributed by atoms with Crippen LogP contribution < -0.4 is 5.32 Å². The van der Waals surface area contributed by atoms with E-state index in [1.54, 1.807) is 0 Å². The molecule has 0 aromatic rings. The summed E-state index contributed by atoms with van der Waals surface area (Å²) in [6.45, 7) is 4.69. The molecule has 1 atom stereocenters. The van der Waals surface area contributed by atoms with Gasteiger partial charge in [0.15, 0.2) is 0 Å². The van der Waals surface area contributed by atoms with Gasteiger partial charge in [-0.2, -0.15) is 12.6 Å². The third kappa shape index (κ3) is 3.17. The van der Waals surface area contributed by atoms with Crippen LogP contribution in [0.3, 0.4) is 0 Å². The highest BCUT2D eigenvalue weighted by Crippen LogP contribution is 2.10. The standard InChI is InChI=1S/C10H20N2OS/c1-2-11-9(8-14)10(13)12-6-4-3-5-7-12/h9,11,14H,2-8H2,1H3/t9-/m1/s1. The third-order valence-electron chi connectivity index (χ3n) is 2.60. The van der Waals surface area contributed by atoms with Crippen LogP contribution in [-0.2, 0) is 4.79 Å². The van der Waals surface area contributed by atoms with Crippen molar-refractivity contribution in [2.75, 3.05) is 25.4 Å². The minimum atomic E-state index is -0.0959. The fourth-order valence-corrected chi connectivity index (χ4v) is 2.10. The lowest BCUT2D eigenvalue weighted by Gasteiger charge is -2.30. The number of nitrogens with one attached hydrogen (secondary N) is 1. The number of likely N-dealkylation sites (N-methyl/N-ethyl adjacent to an activating group) is 1. The number of rotatable bonds is 4. The lowest BCUT2D eigenvalue weighted by Crippen LogP contribution is -2.49. The molecule has 1 rings (SSSR count). The molecule has 1 heterocycles. The van der Waals surface area contributed by atoms with Crippen LogP contribution in [-0.4, -0.2) is 42.2 Å². The van der Waals surface area contributed by atoms with E-state index in [0.717, 1.165) is 32.5 Å². The summed E-state index contributed by atoms with van der Waals surface area (Å²) in [5, 5.41) is 3.16. The van der Waals surface area contributed by atoms with Gasteiger partial charge in [-0.25, -0.2) is 0 Å². The molecule has 82 valence electrons. The summed E-state index contributed by atoms with van der Waals surface area (Å²) in [5.41, 5.74) is 0. The van der Waals surface area contributed by atoms with Crippen molar-refractivity contribution < 1.29 is 4.79 Å². The van der Waals surface area contributed by atoms with E-state index in [9.17, 15) is 4.79 Å². The van der Waals surface area contributed by atoms with Crippen molar-refractivity contribution in [2.45, 2.75) is 32.2 Å². The van der Waals surface area contributed by atoms with E-state index in [4.69, 9.17) is 0 Å². The maximum Gasteiger partial charge on any atom is 0.240 e. The lowest BCUT2D eigenvalue weighted by atomic mass is 10.1. The Kier molecular flexibility index (Phi) is 5.33. The van der Waals surface area contributed by atoms with Gasteiger partial charge >= 0.3 is 0 Å². The van der Waals surface area contributed by atoms with Crippen molar-refractivity contribution in [3.05, 3.63) is 0 Å². The van der Waals surface area contributed by atoms with Gasteiger partial charge in [0, 0.05) is 18.8 Å². The number of hydrogen-bond acceptors (Lipinski definition) is 3. The van der Waals surface area contributed by atoms with E-state index >= 15 is 0 Å². The topological polar surface area (TPSA) is 32.3 Å². The predicted octanol–water partition coefficient (Wildman–Crippen LogP) is 0.907. The van der Waals surface area contributed by atoms with Gasteiger partial charge in [-0.15, -0.1) is 0 Å². The highest BCUT2D eigenvalue weighted by molar-refractivity contribution is 7.80. The Labute approximate surface area is 91.6 Å². The molecular weight excluding hydrogens is 196 g/mol. The molecule has 0 aromatic carbocycles. The summed E-state index contributed by atoms with van der Waals surface area (Å²) >= 11 is 4.20. The molecule has 0 spiro atoms. The van der Waals surface area contributed by atoms with Crippen molar-refractivity contribution in [1.29, 1.82) is 0 Å². The summed E-state index contributed by atoms with van der Waals surface area (Å²) in [6.07, 6.45) is 3.56. The van der Waals surface area contributed by atoms with Crippen LogP contribution in [0, 0.1) is 0 Å². The Balaban J connectivity index is 2.43. The van der Waals surface area contributed by atoms with Gasteiger partial charge in [-0.3, -0.25) is 4.79 Å². The average Bonchev–Trinajstić information content (AvgIpc) is 2.26. The van der Waals surface area contributed by atoms with Gasteiger partial charge in [-0.1, -0.05) is 6.92 Å². The second-order valence-corrected chi connectivity index (χ2v) is 4.04. The zero-order valence-corrected chi connectivity index (χ0v) is 9.72. The second-order valence-electron chi connectivity index (χ2n) is 3.68. The van der Waals surface area contributed by atoms with E-state index in [-0.39, 0.29) is 11.9 Å². The zero-order valence-electron chi connectivity index (χ0n) is 8.83. The van der Waals surface area contributed by atoms with Crippen molar-refractivity contribution in [2.24, 2.45) is 0 Å². The number of nitrogens with zero attached hydrogens (tertiary/aromatic N) is 1. The highest BCUT2D eigenvalue weighted by atomic mass is 32.1. The number of piperidine rings is 1. The maximum absolute atomic E-state index is 11.9. The molecule has 0 aromatic heterocycles. The number of carbonyl (C=O) groups is 1. The first-order valence-electron chi connectivity index (χ1n) is 5.42. The number of hydrogen-bond donors (Lipinski definition) is 2. The van der Waals surface area contributed by atoms with E-state index in [1.165, 1.54) is 6.42 Å². The first-order valence-corrected chi connectivity index (χ1v) is 6.06. The first-order chi connectivity index (χ1) is 6.79. The van der Waals surface area contributed by atoms with Crippen molar-refractivity contribution >= 4 is 18.5 Å². The van der Waals surface area contributed by atoms with Crippen LogP contribution in [0.15, 0.2) is 0 Å². The smallest absolute Gasteiger partial charge is 0.240 e. The van der Waals surface area contributed by atoms with E-state index in [2.05, 4.69) is 17.9 Å². The van der Waals surface area contributed by atoms with E-state index in [1.807, 2.05) is 11.8 Å². The lowest BCUT2D eigenvalue weighted by molar-refractivity contribution is -0.133. The highest BCUT2D eigenvalue weighted by Gasteiger charge is 2.23. The maximum atomic E-state index is 11.9. The molecular formula is C10H20N2OS. The minimum Gasteiger partial charge on any atom is -0.341 e. The number of likely N-dealkylation sites (tertiary alicyclic amines) is 1. The Morgan fingerprint density at radius 3 is 2.57 bits per heavy atom. The van der Waals surface area contributed by atoms with Gasteiger partial charge in [0.25, 0.3) is 0 Å². The summed E-state index contributed by atoms with van der Waals surface area (Å²) in [5.74, 6) is 0.810. The van der Waals surface area contributed by atoms with Crippen LogP contribution in [0.2, 0.25) is 0 Å². The summed E-state index contributed by atoms with van der Waals surface area (Å²) in [6, 6.07) is -0.0959. The van der Waals surface area contributed by atoms with E-state index in [0.29, 0.717) is 5.75 Å². The fraction of sp³-hybridized carbons (Fsp3) is 0.900. The Morgan fingerprint density at radius 2 is 2.07 bits per heavy atom. The minimum absolute atomic E-state index is 0.0959. The molecule has 4 heteroatoms. The molecule has 0 bridgehead atoms. The van der Waals surface area contributed by atoms with Gasteiger partial charge in [-0.05, 0) is 25.8 Å². The average molecular weight is 216 g/mol. The molecule has 3 nitrogen and oxygen atoms in total. The van der Waals surface area contributed by atoms with Crippen LogP contribution >= 0.6 is 12.6 Å². The van der Waals surface area contributed by atoms with Gasteiger partial charge in [0.05, 0.1) is 6.04 Å². The third-order valence-corrected chi connectivity index (χ3v) is 2.96. The molecule has 1 saturated heterocycles. The summed E-state index contributed by atoms with van der Waals surface area (Å²) in [4.78, 5) is 13.9. The van der Waals surface area contributed by atoms with Crippen molar-refractivity contribution in [1.82, 2.24) is 10.2 Å². The molecule has 0 aliphatic carbocycles. The van der Waals surface area contributed by atoms with Crippen molar-refractivity contribution in [3.8, 4) is 0 Å². The molecule has 1 aliphatic rings. The largest absolute Gasteiger partial charge is 0.341 e. The normalized spacial score (nSPS) is 19.4. The van der Waals surface area contributed by atoms with Gasteiger partial charge in [0.1, 0.15) is 0 Å². The van der Waals surface area contributed by atoms with Crippen LogP contribution in [0.4, 0.5) is 0 Å². The first kappa shape index (κ1) is 11.9. The molecule has 0 unspecified atom stereocenters. The second kappa shape index (κ2) is 6.30. The van der Waals surface area contributed by atoms with Crippen LogP contribution in [0.25, 0.3) is 0 Å². The Morgan fingerprint density at radius 1 is 1.43 bits per heavy atom. The fourth-order valence-electron chi connectivity index (χ4n) is 1.81. The molecule has 1 amide bonds. The zero-order chi connectivity index (χ0) is 10.4. The summed E-state index contributed by atoms with van der Waals surface area (Å²) in [7, 11) is 0.